The van der Waals surface area contributed by atoms with Crippen LogP contribution >= 0.6 is 8.25 Å². The Labute approximate surface area is 60.8 Å². The molecule has 5 heteroatoms. The molecule has 0 aromatic heterocycles. The van der Waals surface area contributed by atoms with Crippen LogP contribution in [0.25, 0.3) is 0 Å². The predicted octanol–water partition coefficient (Wildman–Crippen LogP) is 0.794. The van der Waals surface area contributed by atoms with Gasteiger partial charge in [0, 0.05) is 4.57 Å². The summed E-state index contributed by atoms with van der Waals surface area (Å²) in [6.07, 6.45) is 0.641. The average molecular weight is 167 g/mol. The smallest absolute Gasteiger partial charge is 0.412 e. The van der Waals surface area contributed by atoms with Gasteiger partial charge < -0.3 is 5.48 Å². The van der Waals surface area contributed by atoms with Gasteiger partial charge in [0.1, 0.15) is 6.61 Å². The minimum atomic E-state index is -2.42. The number of rotatable bonds is 4. The van der Waals surface area contributed by atoms with Crippen LogP contribution in [0, 0.1) is 0 Å². The minimum absolute atomic E-state index is 0. The van der Waals surface area contributed by atoms with Crippen molar-refractivity contribution >= 4 is 8.25 Å². The molecule has 0 rings (SSSR count). The molecule has 0 spiro atoms. The highest BCUT2D eigenvalue weighted by Gasteiger charge is 2.09. The fourth-order valence-electron chi connectivity index (χ4n) is 0.298. The lowest BCUT2D eigenvalue weighted by atomic mass is 10.3. The van der Waals surface area contributed by atoms with Gasteiger partial charge in [-0.15, -0.1) is 16.0 Å². The molecule has 10 heavy (non-hydrogen) atoms. The fourth-order valence-corrected chi connectivity index (χ4v) is 0.545. The molecule has 1 unspecified atom stereocenters. The normalized spacial score (nSPS) is 10.0. The van der Waals surface area contributed by atoms with Crippen molar-refractivity contribution in [3.8, 4) is 0 Å². The summed E-state index contributed by atoms with van der Waals surface area (Å²) >= 11 is 0. The van der Waals surface area contributed by atoms with Gasteiger partial charge in [-0.3, -0.25) is 0 Å². The van der Waals surface area contributed by atoms with Crippen LogP contribution in [0.4, 0.5) is 0 Å². The molecule has 1 atom stereocenters. The molecule has 0 aromatic rings. The van der Waals surface area contributed by atoms with E-state index in [1.54, 1.807) is 0 Å². The van der Waals surface area contributed by atoms with Crippen molar-refractivity contribution in [3.05, 3.63) is 12.2 Å². The molecular formula is C5H12O4P+. The van der Waals surface area contributed by atoms with E-state index in [2.05, 4.69) is 11.1 Å². The zero-order valence-corrected chi connectivity index (χ0v) is 6.73. The molecule has 0 bridgehead atoms. The molecule has 0 heterocycles. The first-order valence-electron chi connectivity index (χ1n) is 2.56. The van der Waals surface area contributed by atoms with E-state index in [1.165, 1.54) is 0 Å². The summed E-state index contributed by atoms with van der Waals surface area (Å²) in [5, 5.41) is 0. The Morgan fingerprint density at radius 2 is 2.30 bits per heavy atom. The lowest BCUT2D eigenvalue weighted by molar-refractivity contribution is 0.285. The van der Waals surface area contributed by atoms with E-state index in [0.29, 0.717) is 6.42 Å². The van der Waals surface area contributed by atoms with Crippen LogP contribution in [-0.4, -0.2) is 17.0 Å². The van der Waals surface area contributed by atoms with E-state index < -0.39 is 8.25 Å². The van der Waals surface area contributed by atoms with Crippen molar-refractivity contribution in [1.29, 1.82) is 0 Å². The lowest BCUT2D eigenvalue weighted by Crippen LogP contribution is -1.85. The molecule has 60 valence electrons. The molecule has 0 amide bonds. The Morgan fingerprint density at radius 3 is 2.60 bits per heavy atom. The van der Waals surface area contributed by atoms with Crippen molar-refractivity contribution in [2.75, 3.05) is 6.61 Å². The fraction of sp³-hybridized carbons (Fsp3) is 0.600. The van der Waals surface area contributed by atoms with E-state index in [0.717, 1.165) is 5.57 Å². The summed E-state index contributed by atoms with van der Waals surface area (Å²) in [7, 11) is -2.42. The van der Waals surface area contributed by atoms with Gasteiger partial charge in [-0.1, -0.05) is 5.57 Å². The summed E-state index contributed by atoms with van der Waals surface area (Å²) in [5.41, 5.74) is 0.951. The standard InChI is InChI=1S/C5H9O3P.H2O/c1-5(2)3-4-8-9(6)7;/h1,3-4H2,2H3;1H2/p+1. The van der Waals surface area contributed by atoms with E-state index in [4.69, 9.17) is 4.89 Å². The molecule has 0 radical (unpaired) electrons. The van der Waals surface area contributed by atoms with Gasteiger partial charge >= 0.3 is 8.25 Å². The van der Waals surface area contributed by atoms with Gasteiger partial charge in [0.25, 0.3) is 0 Å². The molecule has 0 aliphatic rings. The third-order valence-corrected chi connectivity index (χ3v) is 1.13. The molecule has 0 aliphatic heterocycles. The Morgan fingerprint density at radius 1 is 1.80 bits per heavy atom. The highest BCUT2D eigenvalue weighted by atomic mass is 31.1. The zero-order valence-electron chi connectivity index (χ0n) is 5.83. The van der Waals surface area contributed by atoms with E-state index in [9.17, 15) is 4.57 Å². The minimum Gasteiger partial charge on any atom is -0.412 e. The van der Waals surface area contributed by atoms with Crippen LogP contribution in [0.2, 0.25) is 0 Å². The van der Waals surface area contributed by atoms with Crippen molar-refractivity contribution in [3.63, 3.8) is 0 Å². The van der Waals surface area contributed by atoms with Crippen molar-refractivity contribution in [2.45, 2.75) is 13.3 Å². The first-order valence-corrected chi connectivity index (χ1v) is 3.69. The highest BCUT2D eigenvalue weighted by Crippen LogP contribution is 2.15. The molecule has 0 fully saturated rings. The van der Waals surface area contributed by atoms with Crippen LogP contribution in [0.5, 0.6) is 0 Å². The Kier molecular flexibility index (Phi) is 8.48. The zero-order chi connectivity index (χ0) is 7.28. The van der Waals surface area contributed by atoms with E-state index in [-0.39, 0.29) is 12.1 Å². The Bertz CT molecular complexity index is 109. The summed E-state index contributed by atoms with van der Waals surface area (Å²) in [5.74, 6) is 0. The summed E-state index contributed by atoms with van der Waals surface area (Å²) < 4.78 is 14.2. The maximum Gasteiger partial charge on any atom is 0.694 e. The van der Waals surface area contributed by atoms with Gasteiger partial charge in [-0.2, -0.15) is 0 Å². The van der Waals surface area contributed by atoms with Crippen LogP contribution < -0.4 is 0 Å². The van der Waals surface area contributed by atoms with Gasteiger partial charge in [0.2, 0.25) is 0 Å². The molecule has 0 saturated carbocycles. The molecule has 0 saturated heterocycles. The summed E-state index contributed by atoms with van der Waals surface area (Å²) in [4.78, 5) is 8.12. The van der Waals surface area contributed by atoms with Crippen LogP contribution in [0.15, 0.2) is 12.2 Å². The van der Waals surface area contributed by atoms with Crippen molar-refractivity contribution in [2.24, 2.45) is 0 Å². The van der Waals surface area contributed by atoms with Gasteiger partial charge in [0.15, 0.2) is 0 Å². The van der Waals surface area contributed by atoms with Gasteiger partial charge in [0.05, 0.1) is 0 Å². The third kappa shape index (κ3) is 10.7. The van der Waals surface area contributed by atoms with Crippen LogP contribution in [-0.2, 0) is 9.09 Å². The second-order valence-electron chi connectivity index (χ2n) is 1.78. The first kappa shape index (κ1) is 12.4. The summed E-state index contributed by atoms with van der Waals surface area (Å²) in [6, 6.07) is 0. The Hall–Kier alpha value is -0.280. The van der Waals surface area contributed by atoms with Crippen LogP contribution in [0.3, 0.4) is 0 Å². The largest absolute Gasteiger partial charge is 0.694 e. The first-order chi connectivity index (χ1) is 4.13. The van der Waals surface area contributed by atoms with E-state index >= 15 is 0 Å². The Balaban J connectivity index is 0. The second-order valence-corrected chi connectivity index (χ2v) is 2.51. The monoisotopic (exact) mass is 167 g/mol. The van der Waals surface area contributed by atoms with E-state index in [1.807, 2.05) is 6.92 Å². The molecule has 0 aromatic carbocycles. The van der Waals surface area contributed by atoms with Crippen LogP contribution in [0.1, 0.15) is 13.3 Å². The van der Waals surface area contributed by atoms with Crippen molar-refractivity contribution < 1.29 is 19.5 Å². The average Bonchev–Trinajstić information content (AvgIpc) is 1.63. The number of hydrogen-bond acceptors (Lipinski definition) is 2. The number of hydrogen-bond donors (Lipinski definition) is 1. The SMILES string of the molecule is C=C(C)CCO[P+](=O)O.O. The maximum atomic E-state index is 9.88. The second kappa shape index (κ2) is 6.83. The van der Waals surface area contributed by atoms with Gasteiger partial charge in [-0.05, 0) is 13.3 Å². The molecule has 3 N–H and O–H groups in total. The molecule has 4 nitrogen and oxygen atoms in total. The third-order valence-electron chi connectivity index (χ3n) is 0.731. The van der Waals surface area contributed by atoms with Crippen molar-refractivity contribution in [1.82, 2.24) is 0 Å². The predicted molar refractivity (Wildman–Crippen MR) is 38.8 cm³/mol. The summed E-state index contributed by atoms with van der Waals surface area (Å²) in [6.45, 7) is 5.72. The maximum absolute atomic E-state index is 9.88. The molecular weight excluding hydrogens is 155 g/mol. The topological polar surface area (TPSA) is 78.0 Å². The lowest BCUT2D eigenvalue weighted by Gasteiger charge is -1.88. The molecule has 0 aliphatic carbocycles. The van der Waals surface area contributed by atoms with Gasteiger partial charge in [-0.25, -0.2) is 0 Å². The quantitative estimate of drug-likeness (QED) is 0.496. The highest BCUT2D eigenvalue weighted by molar-refractivity contribution is 7.32.